The fourth-order valence-electron chi connectivity index (χ4n) is 2.92. The molecule has 0 aliphatic carbocycles. The molecule has 2 rings (SSSR count). The van der Waals surface area contributed by atoms with Crippen LogP contribution >= 0.6 is 0 Å². The van der Waals surface area contributed by atoms with Crippen molar-refractivity contribution >= 4 is 15.7 Å². The lowest BCUT2D eigenvalue weighted by atomic mass is 10.00. The summed E-state index contributed by atoms with van der Waals surface area (Å²) < 4.78 is 28.4. The molecule has 1 atom stereocenters. The van der Waals surface area contributed by atoms with E-state index in [0.717, 1.165) is 42.6 Å². The van der Waals surface area contributed by atoms with E-state index in [2.05, 4.69) is 10.0 Å². The number of aryl methyl sites for hydroxylation is 1. The Morgan fingerprint density at radius 3 is 2.67 bits per heavy atom. The molecule has 0 bridgehead atoms. The largest absolute Gasteiger partial charge is 0.385 e. The maximum Gasteiger partial charge on any atom is 0.241 e. The second kappa shape index (κ2) is 6.36. The lowest BCUT2D eigenvalue weighted by Gasteiger charge is -2.25. The number of sulfonamides is 1. The monoisotopic (exact) mass is 310 g/mol. The highest BCUT2D eigenvalue weighted by molar-refractivity contribution is 7.89. The van der Waals surface area contributed by atoms with Crippen LogP contribution < -0.4 is 10.0 Å². The van der Waals surface area contributed by atoms with Gasteiger partial charge < -0.3 is 5.32 Å². The summed E-state index contributed by atoms with van der Waals surface area (Å²) in [5, 5.41) is 3.34. The lowest BCUT2D eigenvalue weighted by Crippen LogP contribution is -2.38. The Morgan fingerprint density at radius 1 is 1.33 bits per heavy atom. The summed E-state index contributed by atoms with van der Waals surface area (Å²) in [6.07, 6.45) is 2.59. The first-order chi connectivity index (χ1) is 9.86. The molecule has 1 heterocycles. The van der Waals surface area contributed by atoms with E-state index >= 15 is 0 Å². The molecule has 0 spiro atoms. The molecule has 0 fully saturated rings. The van der Waals surface area contributed by atoms with Gasteiger partial charge in [0.1, 0.15) is 0 Å². The van der Waals surface area contributed by atoms with Crippen LogP contribution in [0.1, 0.15) is 44.7 Å². The van der Waals surface area contributed by atoms with Crippen molar-refractivity contribution in [3.63, 3.8) is 0 Å². The van der Waals surface area contributed by atoms with E-state index in [9.17, 15) is 8.42 Å². The van der Waals surface area contributed by atoms with Crippen molar-refractivity contribution in [1.82, 2.24) is 4.72 Å². The predicted molar refractivity (Wildman–Crippen MR) is 87.2 cm³/mol. The summed E-state index contributed by atoms with van der Waals surface area (Å²) in [6.45, 7) is 9.03. The highest BCUT2D eigenvalue weighted by Crippen LogP contribution is 2.31. The first-order valence-corrected chi connectivity index (χ1v) is 9.23. The minimum Gasteiger partial charge on any atom is -0.385 e. The summed E-state index contributed by atoms with van der Waals surface area (Å²) in [4.78, 5) is 0.439. The number of hydrogen-bond donors (Lipinski definition) is 2. The smallest absolute Gasteiger partial charge is 0.241 e. The molecule has 1 unspecified atom stereocenters. The molecule has 0 saturated heterocycles. The van der Waals surface area contributed by atoms with Gasteiger partial charge in [-0.2, -0.15) is 0 Å². The second-order valence-corrected chi connectivity index (χ2v) is 7.83. The maximum atomic E-state index is 12.8. The van der Waals surface area contributed by atoms with Gasteiger partial charge in [-0.15, -0.1) is 0 Å². The third kappa shape index (κ3) is 3.40. The standard InChI is InChI=1S/C16H26N2O2S/c1-5-14(11(2)3)18-21(19,20)15-9-8-12(4)16-13(15)7-6-10-17-16/h8-9,11,14,17-18H,5-7,10H2,1-4H3. The van der Waals surface area contributed by atoms with Crippen molar-refractivity contribution in [2.24, 2.45) is 5.92 Å². The lowest BCUT2D eigenvalue weighted by molar-refractivity contribution is 0.437. The number of nitrogens with one attached hydrogen (secondary N) is 2. The summed E-state index contributed by atoms with van der Waals surface area (Å²) in [5.41, 5.74) is 3.05. The van der Waals surface area contributed by atoms with E-state index in [1.54, 1.807) is 6.07 Å². The fraction of sp³-hybridized carbons (Fsp3) is 0.625. The van der Waals surface area contributed by atoms with E-state index in [4.69, 9.17) is 0 Å². The van der Waals surface area contributed by atoms with Crippen LogP contribution in [0.15, 0.2) is 17.0 Å². The Balaban J connectivity index is 2.41. The van der Waals surface area contributed by atoms with Crippen molar-refractivity contribution in [2.45, 2.75) is 57.9 Å². The molecule has 0 aromatic heterocycles. The second-order valence-electron chi connectivity index (χ2n) is 6.14. The number of hydrogen-bond acceptors (Lipinski definition) is 3. The molecule has 4 nitrogen and oxygen atoms in total. The van der Waals surface area contributed by atoms with Gasteiger partial charge in [-0.3, -0.25) is 0 Å². The number of anilines is 1. The Bertz CT molecular complexity index is 609. The predicted octanol–water partition coefficient (Wildman–Crippen LogP) is 3.07. The zero-order valence-electron chi connectivity index (χ0n) is 13.4. The van der Waals surface area contributed by atoms with E-state index in [-0.39, 0.29) is 12.0 Å². The van der Waals surface area contributed by atoms with Gasteiger partial charge in [0.2, 0.25) is 10.0 Å². The van der Waals surface area contributed by atoms with Crippen LogP contribution in [-0.2, 0) is 16.4 Å². The molecule has 1 aromatic rings. The molecule has 1 aliphatic heterocycles. The highest BCUT2D eigenvalue weighted by atomic mass is 32.2. The molecular formula is C16H26N2O2S. The minimum absolute atomic E-state index is 0.0245. The minimum atomic E-state index is -3.46. The molecule has 0 radical (unpaired) electrons. The summed E-state index contributed by atoms with van der Waals surface area (Å²) in [7, 11) is -3.46. The Hall–Kier alpha value is -1.07. The van der Waals surface area contributed by atoms with E-state index in [0.29, 0.717) is 4.90 Å². The summed E-state index contributed by atoms with van der Waals surface area (Å²) in [6, 6.07) is 3.61. The molecule has 0 saturated carbocycles. The van der Waals surface area contributed by atoms with Crippen LogP contribution in [-0.4, -0.2) is 21.0 Å². The molecule has 2 N–H and O–H groups in total. The fourth-order valence-corrected chi connectivity index (χ4v) is 4.66. The molecular weight excluding hydrogens is 284 g/mol. The van der Waals surface area contributed by atoms with Gasteiger partial charge in [-0.1, -0.05) is 26.8 Å². The molecule has 0 amide bonds. The van der Waals surface area contributed by atoms with Crippen molar-refractivity contribution in [1.29, 1.82) is 0 Å². The van der Waals surface area contributed by atoms with Crippen molar-refractivity contribution in [2.75, 3.05) is 11.9 Å². The van der Waals surface area contributed by atoms with Crippen LogP contribution in [0.4, 0.5) is 5.69 Å². The molecule has 5 heteroatoms. The quantitative estimate of drug-likeness (QED) is 0.879. The zero-order chi connectivity index (χ0) is 15.6. The third-order valence-corrected chi connectivity index (χ3v) is 5.80. The zero-order valence-corrected chi connectivity index (χ0v) is 14.2. The number of rotatable bonds is 5. The van der Waals surface area contributed by atoms with Crippen LogP contribution in [0.5, 0.6) is 0 Å². The number of benzene rings is 1. The first kappa shape index (κ1) is 16.3. The van der Waals surface area contributed by atoms with Gasteiger partial charge in [0.25, 0.3) is 0 Å². The van der Waals surface area contributed by atoms with E-state index < -0.39 is 10.0 Å². The van der Waals surface area contributed by atoms with Crippen LogP contribution in [0.3, 0.4) is 0 Å². The van der Waals surface area contributed by atoms with Crippen LogP contribution in [0.25, 0.3) is 0 Å². The normalized spacial score (nSPS) is 16.4. The van der Waals surface area contributed by atoms with E-state index in [1.165, 1.54) is 0 Å². The van der Waals surface area contributed by atoms with E-state index in [1.807, 2.05) is 33.8 Å². The van der Waals surface area contributed by atoms with Gasteiger partial charge in [0.15, 0.2) is 0 Å². The van der Waals surface area contributed by atoms with Crippen LogP contribution in [0, 0.1) is 12.8 Å². The molecule has 1 aliphatic rings. The van der Waals surface area contributed by atoms with Crippen molar-refractivity contribution in [3.05, 3.63) is 23.3 Å². The summed E-state index contributed by atoms with van der Waals surface area (Å²) >= 11 is 0. The van der Waals surface area contributed by atoms with Gasteiger partial charge in [0.05, 0.1) is 4.90 Å². The first-order valence-electron chi connectivity index (χ1n) is 7.75. The van der Waals surface area contributed by atoms with Gasteiger partial charge in [-0.25, -0.2) is 13.1 Å². The van der Waals surface area contributed by atoms with Gasteiger partial charge in [-0.05, 0) is 49.3 Å². The molecule has 1 aromatic carbocycles. The van der Waals surface area contributed by atoms with Gasteiger partial charge in [0, 0.05) is 18.3 Å². The van der Waals surface area contributed by atoms with Crippen molar-refractivity contribution < 1.29 is 8.42 Å². The Kier molecular flexibility index (Phi) is 4.94. The molecule has 118 valence electrons. The highest BCUT2D eigenvalue weighted by Gasteiger charge is 2.26. The Morgan fingerprint density at radius 2 is 2.05 bits per heavy atom. The van der Waals surface area contributed by atoms with Crippen molar-refractivity contribution in [3.8, 4) is 0 Å². The Labute approximate surface area is 128 Å². The average Bonchev–Trinajstić information content (AvgIpc) is 2.45. The summed E-state index contributed by atoms with van der Waals surface area (Å²) in [5.74, 6) is 0.282. The number of fused-ring (bicyclic) bond motifs is 1. The molecule has 21 heavy (non-hydrogen) atoms. The third-order valence-electron chi connectivity index (χ3n) is 4.22. The van der Waals surface area contributed by atoms with Gasteiger partial charge >= 0.3 is 0 Å². The SMILES string of the molecule is CCC(NS(=O)(=O)c1ccc(C)c2c1CCCN2)C(C)C. The van der Waals surface area contributed by atoms with Crippen LogP contribution in [0.2, 0.25) is 0 Å². The topological polar surface area (TPSA) is 58.2 Å². The average molecular weight is 310 g/mol. The maximum absolute atomic E-state index is 12.8.